The zero-order valence-corrected chi connectivity index (χ0v) is 7.50. The van der Waals surface area contributed by atoms with Gasteiger partial charge in [-0.25, -0.2) is 0 Å². The Morgan fingerprint density at radius 2 is 2.33 bits per heavy atom. The molecule has 5 heteroatoms. The van der Waals surface area contributed by atoms with Crippen LogP contribution in [0.2, 0.25) is 4.34 Å². The number of nitrogens with one attached hydrogen (secondary N) is 1. The van der Waals surface area contributed by atoms with Crippen molar-refractivity contribution < 1.29 is 0 Å². The van der Waals surface area contributed by atoms with Gasteiger partial charge in [-0.15, -0.1) is 11.3 Å². The molecule has 0 aliphatic carbocycles. The van der Waals surface area contributed by atoms with Crippen LogP contribution >= 0.6 is 22.9 Å². The summed E-state index contributed by atoms with van der Waals surface area (Å²) in [7, 11) is 0. The zero-order valence-electron chi connectivity index (χ0n) is 5.93. The van der Waals surface area contributed by atoms with E-state index in [4.69, 9.17) is 17.3 Å². The van der Waals surface area contributed by atoms with Gasteiger partial charge in [-0.05, 0) is 6.07 Å². The molecule has 0 aliphatic heterocycles. The zero-order chi connectivity index (χ0) is 8.72. The molecule has 0 aromatic carbocycles. The Hall–Kier alpha value is -1.00. The first-order valence-electron chi connectivity index (χ1n) is 3.24. The van der Waals surface area contributed by atoms with Crippen molar-refractivity contribution >= 4 is 38.8 Å². The number of nitrogens with two attached hydrogens (primary N) is 1. The van der Waals surface area contributed by atoms with Crippen LogP contribution in [-0.2, 0) is 0 Å². The highest BCUT2D eigenvalue weighted by Crippen LogP contribution is 2.25. The Morgan fingerprint density at radius 1 is 1.58 bits per heavy atom. The van der Waals surface area contributed by atoms with E-state index in [9.17, 15) is 4.79 Å². The molecule has 0 fully saturated rings. The molecule has 2 rings (SSSR count). The van der Waals surface area contributed by atoms with Crippen LogP contribution in [-0.4, -0.2) is 4.98 Å². The second kappa shape index (κ2) is 2.50. The molecule has 3 N–H and O–H groups in total. The largest absolute Gasteiger partial charge is 0.394 e. The fourth-order valence-electron chi connectivity index (χ4n) is 1.00. The maximum absolute atomic E-state index is 11.3. The van der Waals surface area contributed by atoms with Crippen LogP contribution in [0.4, 0.5) is 5.69 Å². The number of halogens is 1. The second-order valence-corrected chi connectivity index (χ2v) is 4.05. The first-order valence-corrected chi connectivity index (χ1v) is 4.44. The molecule has 2 aromatic rings. The van der Waals surface area contributed by atoms with E-state index in [0.29, 0.717) is 9.72 Å². The summed E-state index contributed by atoms with van der Waals surface area (Å²) < 4.78 is 0.587. The van der Waals surface area contributed by atoms with Crippen LogP contribution in [0.1, 0.15) is 0 Å². The topological polar surface area (TPSA) is 58.9 Å². The highest BCUT2D eigenvalue weighted by atomic mass is 35.5. The SMILES string of the molecule is Nc1c[nH]c2sc(Cl)cc2c1=O. The minimum Gasteiger partial charge on any atom is -0.394 e. The van der Waals surface area contributed by atoms with Gasteiger partial charge in [0.1, 0.15) is 4.83 Å². The van der Waals surface area contributed by atoms with Crippen molar-refractivity contribution in [2.75, 3.05) is 5.73 Å². The summed E-state index contributed by atoms with van der Waals surface area (Å²) in [6.45, 7) is 0. The third kappa shape index (κ3) is 1.00. The maximum atomic E-state index is 11.3. The standard InChI is InChI=1S/C7H5ClN2OS/c8-5-1-3-6(11)4(9)2-10-7(3)12-5/h1-2H,9H2,(H,10,11). The summed E-state index contributed by atoms with van der Waals surface area (Å²) >= 11 is 7.06. The highest BCUT2D eigenvalue weighted by molar-refractivity contribution is 7.22. The van der Waals surface area contributed by atoms with E-state index in [2.05, 4.69) is 4.98 Å². The Labute approximate surface area is 76.8 Å². The van der Waals surface area contributed by atoms with Gasteiger partial charge in [-0.3, -0.25) is 4.79 Å². The van der Waals surface area contributed by atoms with E-state index >= 15 is 0 Å². The summed E-state index contributed by atoms with van der Waals surface area (Å²) in [4.78, 5) is 15.0. The third-order valence-electron chi connectivity index (χ3n) is 1.57. The van der Waals surface area contributed by atoms with Crippen molar-refractivity contribution in [2.45, 2.75) is 0 Å². The fourth-order valence-corrected chi connectivity index (χ4v) is 2.09. The van der Waals surface area contributed by atoms with Gasteiger partial charge in [-0.2, -0.15) is 0 Å². The summed E-state index contributed by atoms with van der Waals surface area (Å²) in [6, 6.07) is 1.62. The van der Waals surface area contributed by atoms with Gasteiger partial charge < -0.3 is 10.7 Å². The van der Waals surface area contributed by atoms with Gasteiger partial charge in [0.15, 0.2) is 0 Å². The Balaban J connectivity index is 2.99. The molecule has 2 heterocycles. The monoisotopic (exact) mass is 200 g/mol. The molecule has 12 heavy (non-hydrogen) atoms. The number of aromatic nitrogens is 1. The molecule has 0 saturated carbocycles. The first kappa shape index (κ1) is 7.64. The summed E-state index contributed by atoms with van der Waals surface area (Å²) in [5.41, 5.74) is 5.47. The number of nitrogen functional groups attached to an aromatic ring is 1. The average Bonchev–Trinajstić information content (AvgIpc) is 2.39. The van der Waals surface area contributed by atoms with E-state index in [1.54, 1.807) is 6.07 Å². The predicted octanol–water partition coefficient (Wildman–Crippen LogP) is 1.83. The lowest BCUT2D eigenvalue weighted by Gasteiger charge is -1.90. The minimum atomic E-state index is -0.160. The molecular weight excluding hydrogens is 196 g/mol. The van der Waals surface area contributed by atoms with Gasteiger partial charge in [0.2, 0.25) is 5.43 Å². The van der Waals surface area contributed by atoms with E-state index in [-0.39, 0.29) is 11.1 Å². The fraction of sp³-hybridized carbons (Fsp3) is 0. The number of anilines is 1. The summed E-state index contributed by atoms with van der Waals surface area (Å²) in [6.07, 6.45) is 1.48. The van der Waals surface area contributed by atoms with Crippen LogP contribution in [0.5, 0.6) is 0 Å². The third-order valence-corrected chi connectivity index (χ3v) is 2.76. The van der Waals surface area contributed by atoms with Gasteiger partial charge in [-0.1, -0.05) is 11.6 Å². The lowest BCUT2D eigenvalue weighted by molar-refractivity contribution is 1.42. The van der Waals surface area contributed by atoms with E-state index in [1.165, 1.54) is 17.5 Å². The molecule has 0 atom stereocenters. The Bertz CT molecular complexity index is 488. The van der Waals surface area contributed by atoms with Crippen molar-refractivity contribution in [1.82, 2.24) is 4.98 Å². The molecule has 62 valence electrons. The van der Waals surface area contributed by atoms with Gasteiger partial charge in [0.25, 0.3) is 0 Å². The molecule has 3 nitrogen and oxygen atoms in total. The molecule has 2 aromatic heterocycles. The quantitative estimate of drug-likeness (QED) is 0.682. The van der Waals surface area contributed by atoms with Crippen LogP contribution in [0.15, 0.2) is 17.1 Å². The van der Waals surface area contributed by atoms with Crippen molar-refractivity contribution in [3.05, 3.63) is 26.8 Å². The average molecular weight is 201 g/mol. The number of rotatable bonds is 0. The minimum absolute atomic E-state index is 0.160. The molecule has 0 amide bonds. The van der Waals surface area contributed by atoms with Crippen LogP contribution in [0.25, 0.3) is 10.2 Å². The molecule has 0 unspecified atom stereocenters. The van der Waals surface area contributed by atoms with Crippen LogP contribution in [0, 0.1) is 0 Å². The van der Waals surface area contributed by atoms with Gasteiger partial charge >= 0.3 is 0 Å². The normalized spacial score (nSPS) is 10.8. The molecule has 0 spiro atoms. The summed E-state index contributed by atoms with van der Waals surface area (Å²) in [5.74, 6) is 0. The number of H-pyrrole nitrogens is 1. The number of thiophene rings is 1. The van der Waals surface area contributed by atoms with Crippen molar-refractivity contribution in [3.63, 3.8) is 0 Å². The van der Waals surface area contributed by atoms with Crippen LogP contribution in [0.3, 0.4) is 0 Å². The van der Waals surface area contributed by atoms with E-state index in [0.717, 1.165) is 4.83 Å². The van der Waals surface area contributed by atoms with E-state index in [1.807, 2.05) is 0 Å². The number of aromatic amines is 1. The molecule has 0 radical (unpaired) electrons. The van der Waals surface area contributed by atoms with Crippen molar-refractivity contribution in [3.8, 4) is 0 Å². The first-order chi connectivity index (χ1) is 5.68. The Morgan fingerprint density at radius 3 is 3.08 bits per heavy atom. The summed E-state index contributed by atoms with van der Waals surface area (Å²) in [5, 5.41) is 0.560. The highest BCUT2D eigenvalue weighted by Gasteiger charge is 2.05. The number of pyridine rings is 1. The van der Waals surface area contributed by atoms with Gasteiger partial charge in [0, 0.05) is 6.20 Å². The number of hydrogen-bond acceptors (Lipinski definition) is 3. The molecule has 0 saturated heterocycles. The number of hydrogen-bond donors (Lipinski definition) is 2. The molecular formula is C7H5ClN2OS. The van der Waals surface area contributed by atoms with Gasteiger partial charge in [0.05, 0.1) is 15.4 Å². The predicted molar refractivity (Wildman–Crippen MR) is 51.9 cm³/mol. The lowest BCUT2D eigenvalue weighted by Crippen LogP contribution is -2.07. The smallest absolute Gasteiger partial charge is 0.213 e. The van der Waals surface area contributed by atoms with E-state index < -0.39 is 0 Å². The molecule has 0 aliphatic rings. The van der Waals surface area contributed by atoms with Crippen molar-refractivity contribution in [1.29, 1.82) is 0 Å². The lowest BCUT2D eigenvalue weighted by atomic mass is 10.3. The Kier molecular flexibility index (Phi) is 1.59. The van der Waals surface area contributed by atoms with Crippen LogP contribution < -0.4 is 11.2 Å². The maximum Gasteiger partial charge on any atom is 0.213 e. The number of fused-ring (bicyclic) bond motifs is 1. The second-order valence-electron chi connectivity index (χ2n) is 2.37. The van der Waals surface area contributed by atoms with Crippen molar-refractivity contribution in [2.24, 2.45) is 0 Å². The molecule has 0 bridgehead atoms.